The van der Waals surface area contributed by atoms with Crippen molar-refractivity contribution < 1.29 is 13.2 Å². The molecule has 0 aromatic heterocycles. The highest BCUT2D eigenvalue weighted by Gasteiger charge is 2.49. The quantitative estimate of drug-likeness (QED) is 0.588. The van der Waals surface area contributed by atoms with Gasteiger partial charge in [0.05, 0.1) is 4.90 Å². The average Bonchev–Trinajstić information content (AvgIpc) is 3.10. The molecule has 0 saturated carbocycles. The van der Waals surface area contributed by atoms with Crippen LogP contribution in [0.25, 0.3) is 0 Å². The second-order valence-corrected chi connectivity index (χ2v) is 6.92. The van der Waals surface area contributed by atoms with Crippen LogP contribution in [-0.4, -0.2) is 20.0 Å². The summed E-state index contributed by atoms with van der Waals surface area (Å²) < 4.78 is 29.8. The first-order chi connectivity index (χ1) is 8.55. The lowest BCUT2D eigenvalue weighted by Crippen LogP contribution is -2.11. The lowest BCUT2D eigenvalue weighted by Gasteiger charge is -2.01. The van der Waals surface area contributed by atoms with E-state index in [1.54, 1.807) is 12.1 Å². The fourth-order valence-corrected chi connectivity index (χ4v) is 3.67. The van der Waals surface area contributed by atoms with Crippen molar-refractivity contribution in [3.8, 4) is 0 Å². The third-order valence-electron chi connectivity index (χ3n) is 3.28. The predicted molar refractivity (Wildman–Crippen MR) is 71.2 cm³/mol. The van der Waals surface area contributed by atoms with Gasteiger partial charge in [-0.25, -0.2) is 8.42 Å². The Balaban J connectivity index is 1.99. The number of ether oxygens (including phenoxy) is 1. The van der Waals surface area contributed by atoms with Gasteiger partial charge < -0.3 is 4.74 Å². The molecular weight excluding hydrogens is 248 g/mol. The molecule has 0 amide bonds. The summed E-state index contributed by atoms with van der Waals surface area (Å²) >= 11 is 0. The molecule has 0 bridgehead atoms. The zero-order valence-corrected chi connectivity index (χ0v) is 11.7. The Kier molecular flexibility index (Phi) is 4.07. The van der Waals surface area contributed by atoms with Crippen LogP contribution >= 0.6 is 0 Å². The first kappa shape index (κ1) is 13.6. The molecule has 1 aliphatic heterocycles. The molecule has 18 heavy (non-hydrogen) atoms. The van der Waals surface area contributed by atoms with E-state index in [2.05, 4.69) is 6.92 Å². The van der Waals surface area contributed by atoms with Gasteiger partial charge in [-0.2, -0.15) is 0 Å². The van der Waals surface area contributed by atoms with Gasteiger partial charge in [0, 0.05) is 0 Å². The van der Waals surface area contributed by atoms with Crippen LogP contribution in [0, 0.1) is 6.92 Å². The first-order valence-electron chi connectivity index (χ1n) is 6.51. The van der Waals surface area contributed by atoms with Crippen LogP contribution in [0.15, 0.2) is 29.2 Å². The highest BCUT2D eigenvalue weighted by Crippen LogP contribution is 2.35. The third kappa shape index (κ3) is 2.93. The molecule has 0 N–H and O–H groups in total. The summed E-state index contributed by atoms with van der Waals surface area (Å²) in [5, 5.41) is 0. The number of aryl methyl sites for hydroxylation is 1. The van der Waals surface area contributed by atoms with Crippen molar-refractivity contribution in [3.63, 3.8) is 0 Å². The van der Waals surface area contributed by atoms with Crippen molar-refractivity contribution in [3.05, 3.63) is 29.8 Å². The molecule has 1 fully saturated rings. The second kappa shape index (κ2) is 5.41. The Morgan fingerprint density at radius 3 is 2.44 bits per heavy atom. The topological polar surface area (TPSA) is 46.7 Å². The van der Waals surface area contributed by atoms with Crippen LogP contribution in [0.1, 0.15) is 38.2 Å². The second-order valence-electron chi connectivity index (χ2n) is 4.90. The average molecular weight is 268 g/mol. The lowest BCUT2D eigenvalue weighted by molar-refractivity contribution is 0.378. The fourth-order valence-electron chi connectivity index (χ4n) is 2.06. The summed E-state index contributed by atoms with van der Waals surface area (Å²) in [6, 6.07) is 6.97. The number of benzene rings is 1. The molecule has 1 saturated heterocycles. The molecule has 0 unspecified atom stereocenters. The van der Waals surface area contributed by atoms with Crippen LogP contribution in [0.4, 0.5) is 0 Å². The lowest BCUT2D eigenvalue weighted by atomic mass is 10.2. The number of hydrogen-bond donors (Lipinski definition) is 0. The van der Waals surface area contributed by atoms with E-state index >= 15 is 0 Å². The van der Waals surface area contributed by atoms with E-state index in [1.807, 2.05) is 19.1 Å². The van der Waals surface area contributed by atoms with E-state index in [-0.39, 0.29) is 6.10 Å². The molecule has 100 valence electrons. The Morgan fingerprint density at radius 2 is 1.83 bits per heavy atom. The number of rotatable bonds is 6. The van der Waals surface area contributed by atoms with Crippen molar-refractivity contribution >= 4 is 9.84 Å². The van der Waals surface area contributed by atoms with Gasteiger partial charge in [-0.15, -0.1) is 0 Å². The molecule has 1 heterocycles. The molecule has 1 aromatic rings. The van der Waals surface area contributed by atoms with Gasteiger partial charge in [0.15, 0.2) is 5.44 Å². The Bertz CT molecular complexity index is 490. The largest absolute Gasteiger partial charge is 0.352 e. The number of epoxide rings is 1. The maximum atomic E-state index is 12.2. The van der Waals surface area contributed by atoms with Gasteiger partial charge in [0.1, 0.15) is 6.10 Å². The van der Waals surface area contributed by atoms with Crippen LogP contribution in [0.3, 0.4) is 0 Å². The monoisotopic (exact) mass is 268 g/mol. The molecule has 1 aliphatic rings. The van der Waals surface area contributed by atoms with E-state index in [1.165, 1.54) is 0 Å². The summed E-state index contributed by atoms with van der Waals surface area (Å²) in [4.78, 5) is 0.371. The summed E-state index contributed by atoms with van der Waals surface area (Å²) in [6.45, 7) is 4.08. The highest BCUT2D eigenvalue weighted by molar-refractivity contribution is 7.92. The number of unbranched alkanes of at least 4 members (excludes halogenated alkanes) is 2. The van der Waals surface area contributed by atoms with Crippen molar-refractivity contribution in [1.82, 2.24) is 0 Å². The van der Waals surface area contributed by atoms with Gasteiger partial charge in [-0.3, -0.25) is 0 Å². The zero-order chi connectivity index (χ0) is 13.2. The Hall–Kier alpha value is -0.870. The molecule has 0 spiro atoms. The van der Waals surface area contributed by atoms with Crippen LogP contribution in [0.2, 0.25) is 0 Å². The van der Waals surface area contributed by atoms with E-state index in [9.17, 15) is 8.42 Å². The van der Waals surface area contributed by atoms with E-state index in [0.29, 0.717) is 4.90 Å². The smallest absolute Gasteiger partial charge is 0.207 e. The first-order valence-corrected chi connectivity index (χ1v) is 8.06. The van der Waals surface area contributed by atoms with E-state index in [4.69, 9.17) is 4.74 Å². The SMILES string of the molecule is CCCCC[C@@H]1O[C@@H]1S(=O)(=O)c1ccc(C)cc1. The van der Waals surface area contributed by atoms with Crippen LogP contribution in [0.5, 0.6) is 0 Å². The molecule has 0 aliphatic carbocycles. The molecule has 3 nitrogen and oxygen atoms in total. The Morgan fingerprint density at radius 1 is 1.17 bits per heavy atom. The number of sulfone groups is 1. The normalized spacial score (nSPS) is 23.0. The van der Waals surface area contributed by atoms with Crippen molar-refractivity contribution in [2.75, 3.05) is 0 Å². The predicted octanol–water partition coefficient (Wildman–Crippen LogP) is 3.07. The number of hydrogen-bond acceptors (Lipinski definition) is 3. The summed E-state index contributed by atoms with van der Waals surface area (Å²) in [7, 11) is -3.29. The molecule has 1 aromatic carbocycles. The third-order valence-corrected chi connectivity index (χ3v) is 5.24. The minimum absolute atomic E-state index is 0.0946. The minimum atomic E-state index is -3.29. The zero-order valence-electron chi connectivity index (χ0n) is 10.9. The summed E-state index contributed by atoms with van der Waals surface area (Å²) in [6.07, 6.45) is 4.08. The molecule has 4 heteroatoms. The van der Waals surface area contributed by atoms with Crippen LogP contribution in [-0.2, 0) is 14.6 Å². The Labute approximate surface area is 109 Å². The van der Waals surface area contributed by atoms with Gasteiger partial charge in [0.2, 0.25) is 9.84 Å². The van der Waals surface area contributed by atoms with Gasteiger partial charge in [0.25, 0.3) is 0 Å². The van der Waals surface area contributed by atoms with Gasteiger partial charge >= 0.3 is 0 Å². The molecular formula is C14H20O3S. The van der Waals surface area contributed by atoms with Gasteiger partial charge in [-0.05, 0) is 25.5 Å². The standard InChI is InChI=1S/C14H20O3S/c1-3-4-5-6-13-14(17-13)18(15,16)12-9-7-11(2)8-10-12/h7-10,13-14H,3-6H2,1-2H3/t13-,14+/m0/s1. The molecule has 2 rings (SSSR count). The van der Waals surface area contributed by atoms with Crippen molar-refractivity contribution in [1.29, 1.82) is 0 Å². The van der Waals surface area contributed by atoms with E-state index < -0.39 is 15.3 Å². The van der Waals surface area contributed by atoms with Crippen molar-refractivity contribution in [2.45, 2.75) is 56.0 Å². The van der Waals surface area contributed by atoms with Gasteiger partial charge in [-0.1, -0.05) is 43.9 Å². The molecule has 2 atom stereocenters. The van der Waals surface area contributed by atoms with Crippen molar-refractivity contribution in [2.24, 2.45) is 0 Å². The highest BCUT2D eigenvalue weighted by atomic mass is 32.2. The summed E-state index contributed by atoms with van der Waals surface area (Å²) in [5.41, 5.74) is 0.447. The molecule has 0 radical (unpaired) electrons. The van der Waals surface area contributed by atoms with Crippen LogP contribution < -0.4 is 0 Å². The van der Waals surface area contributed by atoms with E-state index in [0.717, 1.165) is 31.2 Å². The summed E-state index contributed by atoms with van der Waals surface area (Å²) in [5.74, 6) is 0. The maximum Gasteiger partial charge on any atom is 0.207 e. The maximum absolute atomic E-state index is 12.2. The minimum Gasteiger partial charge on any atom is -0.352 e. The fraction of sp³-hybridized carbons (Fsp3) is 0.571.